The van der Waals surface area contributed by atoms with Crippen molar-refractivity contribution in [2.24, 2.45) is 0 Å². The Morgan fingerprint density at radius 1 is 1.10 bits per heavy atom. The fraction of sp³-hybridized carbons (Fsp3) is 0.130. The van der Waals surface area contributed by atoms with Gasteiger partial charge < -0.3 is 16.0 Å². The summed E-state index contributed by atoms with van der Waals surface area (Å²) in [5, 5.41) is 12.5. The maximum atomic E-state index is 11.9. The summed E-state index contributed by atoms with van der Waals surface area (Å²) < 4.78 is 0. The average Bonchev–Trinajstić information content (AvgIpc) is 3.18. The number of carbonyl (C=O) groups is 1. The van der Waals surface area contributed by atoms with E-state index in [4.69, 9.17) is 11.1 Å². The molecule has 30 heavy (non-hydrogen) atoms. The Balaban J connectivity index is 1.66. The van der Waals surface area contributed by atoms with Crippen molar-refractivity contribution in [1.82, 2.24) is 15.0 Å². The first-order valence-electron chi connectivity index (χ1n) is 9.72. The van der Waals surface area contributed by atoms with E-state index in [2.05, 4.69) is 20.3 Å². The molecule has 0 radical (unpaired) electrons. The van der Waals surface area contributed by atoms with Crippen LogP contribution >= 0.6 is 0 Å². The Labute approximate surface area is 173 Å². The molecule has 3 heterocycles. The van der Waals surface area contributed by atoms with Gasteiger partial charge in [-0.05, 0) is 42.3 Å². The Morgan fingerprint density at radius 3 is 2.77 bits per heavy atom. The predicted octanol–water partition coefficient (Wildman–Crippen LogP) is 4.36. The lowest BCUT2D eigenvalue weighted by atomic mass is 9.99. The molecule has 0 fully saturated rings. The number of H-pyrrole nitrogens is 1. The number of benzene rings is 1. The van der Waals surface area contributed by atoms with Crippen LogP contribution in [0, 0.1) is 5.41 Å². The molecular formula is C23H22N6O. The number of fused-ring (bicyclic) bond motifs is 1. The van der Waals surface area contributed by atoms with E-state index in [0.717, 1.165) is 28.5 Å². The number of hydrogen-bond acceptors (Lipinski definition) is 5. The maximum absolute atomic E-state index is 11.9. The third-order valence-electron chi connectivity index (χ3n) is 4.85. The zero-order valence-electron chi connectivity index (χ0n) is 16.6. The monoisotopic (exact) mass is 398 g/mol. The number of aromatic amines is 1. The Bertz CT molecular complexity index is 1210. The van der Waals surface area contributed by atoms with E-state index in [-0.39, 0.29) is 5.91 Å². The highest BCUT2D eigenvalue weighted by atomic mass is 16.1. The van der Waals surface area contributed by atoms with E-state index in [0.29, 0.717) is 34.8 Å². The number of carbonyl (C=O) groups excluding carboxylic acids is 1. The van der Waals surface area contributed by atoms with Gasteiger partial charge in [-0.3, -0.25) is 20.2 Å². The minimum absolute atomic E-state index is 0.0375. The molecule has 150 valence electrons. The molecule has 0 aliphatic rings. The Hall–Kier alpha value is -4.00. The van der Waals surface area contributed by atoms with E-state index in [9.17, 15) is 4.79 Å². The highest BCUT2D eigenvalue weighted by Gasteiger charge is 2.13. The van der Waals surface area contributed by atoms with Gasteiger partial charge in [-0.25, -0.2) is 0 Å². The zero-order valence-corrected chi connectivity index (χ0v) is 16.6. The van der Waals surface area contributed by atoms with Crippen LogP contribution in [0.2, 0.25) is 0 Å². The minimum Gasteiger partial charge on any atom is -0.398 e. The van der Waals surface area contributed by atoms with Crippen molar-refractivity contribution in [2.45, 2.75) is 19.8 Å². The summed E-state index contributed by atoms with van der Waals surface area (Å²) in [6.45, 7) is 1.96. The molecule has 0 saturated carbocycles. The molecule has 1 aromatic carbocycles. The fourth-order valence-electron chi connectivity index (χ4n) is 3.32. The lowest BCUT2D eigenvalue weighted by molar-refractivity contribution is -0.116. The molecule has 0 aliphatic heterocycles. The molecule has 4 aromatic rings. The molecule has 4 rings (SSSR count). The van der Waals surface area contributed by atoms with Crippen molar-refractivity contribution in [3.05, 3.63) is 72.4 Å². The molecule has 1 amide bonds. The molecular weight excluding hydrogens is 376 g/mol. The fourth-order valence-corrected chi connectivity index (χ4v) is 3.32. The molecule has 0 saturated heterocycles. The summed E-state index contributed by atoms with van der Waals surface area (Å²) in [4.78, 5) is 23.5. The second kappa shape index (κ2) is 8.16. The predicted molar refractivity (Wildman–Crippen MR) is 120 cm³/mol. The number of amides is 1. The van der Waals surface area contributed by atoms with E-state index in [1.807, 2.05) is 37.3 Å². The van der Waals surface area contributed by atoms with Crippen LogP contribution < -0.4 is 11.1 Å². The van der Waals surface area contributed by atoms with Crippen LogP contribution in [-0.2, 0) is 4.79 Å². The van der Waals surface area contributed by atoms with Crippen molar-refractivity contribution in [2.75, 3.05) is 11.1 Å². The smallest absolute Gasteiger partial charge is 0.224 e. The van der Waals surface area contributed by atoms with Gasteiger partial charge in [0.2, 0.25) is 5.91 Å². The summed E-state index contributed by atoms with van der Waals surface area (Å²) in [5.41, 5.74) is 11.5. The number of hydrogen-bond donors (Lipinski definition) is 4. The molecule has 0 unspecified atom stereocenters. The number of nitrogens with one attached hydrogen (secondary N) is 3. The topological polar surface area (TPSA) is 121 Å². The second-order valence-electron chi connectivity index (χ2n) is 7.08. The van der Waals surface area contributed by atoms with E-state index in [1.165, 1.54) is 0 Å². The minimum atomic E-state index is -0.0375. The lowest BCUT2D eigenvalue weighted by Gasteiger charge is -2.11. The van der Waals surface area contributed by atoms with Gasteiger partial charge in [0, 0.05) is 41.0 Å². The largest absolute Gasteiger partial charge is 0.398 e. The van der Waals surface area contributed by atoms with Gasteiger partial charge in [-0.15, -0.1) is 0 Å². The van der Waals surface area contributed by atoms with E-state index in [1.54, 1.807) is 30.9 Å². The van der Waals surface area contributed by atoms with Gasteiger partial charge in [0.05, 0.1) is 35.0 Å². The summed E-state index contributed by atoms with van der Waals surface area (Å²) in [5.74, 6) is -0.0375. The van der Waals surface area contributed by atoms with Crippen LogP contribution in [0.1, 0.15) is 31.0 Å². The molecule has 0 atom stereocenters. The van der Waals surface area contributed by atoms with Crippen LogP contribution in [0.4, 0.5) is 11.4 Å². The number of nitrogen functional groups attached to an aromatic ring is 1. The SMILES string of the molecule is CCCC(=O)Nc1cncc(-c2ccc(N)c(C(=N)c3cc4ccncc4[nH]3)c2)c1. The van der Waals surface area contributed by atoms with E-state index < -0.39 is 0 Å². The quantitative estimate of drug-likeness (QED) is 0.285. The maximum Gasteiger partial charge on any atom is 0.224 e. The van der Waals surface area contributed by atoms with Crippen molar-refractivity contribution in [1.29, 1.82) is 5.41 Å². The van der Waals surface area contributed by atoms with Gasteiger partial charge in [-0.2, -0.15) is 0 Å². The summed E-state index contributed by atoms with van der Waals surface area (Å²) in [6.07, 6.45) is 8.05. The molecule has 7 heteroatoms. The van der Waals surface area contributed by atoms with E-state index >= 15 is 0 Å². The average molecular weight is 398 g/mol. The first-order chi connectivity index (χ1) is 14.5. The van der Waals surface area contributed by atoms with Crippen molar-refractivity contribution >= 4 is 33.9 Å². The van der Waals surface area contributed by atoms with Crippen molar-refractivity contribution < 1.29 is 4.79 Å². The first kappa shape index (κ1) is 19.3. The molecule has 0 bridgehead atoms. The van der Waals surface area contributed by atoms with Gasteiger partial charge >= 0.3 is 0 Å². The molecule has 3 aromatic heterocycles. The van der Waals surface area contributed by atoms with Crippen LogP contribution in [0.5, 0.6) is 0 Å². The molecule has 0 spiro atoms. The van der Waals surface area contributed by atoms with Gasteiger partial charge in [0.25, 0.3) is 0 Å². The second-order valence-corrected chi connectivity index (χ2v) is 7.08. The summed E-state index contributed by atoms with van der Waals surface area (Å²) >= 11 is 0. The van der Waals surface area contributed by atoms with Crippen LogP contribution in [-0.4, -0.2) is 26.6 Å². The van der Waals surface area contributed by atoms with Crippen molar-refractivity contribution in [3.63, 3.8) is 0 Å². The Morgan fingerprint density at radius 2 is 1.97 bits per heavy atom. The first-order valence-corrected chi connectivity index (χ1v) is 9.72. The Kier molecular flexibility index (Phi) is 5.26. The van der Waals surface area contributed by atoms with Crippen LogP contribution in [0.15, 0.2) is 61.2 Å². The third-order valence-corrected chi connectivity index (χ3v) is 4.85. The number of nitrogens with zero attached hydrogens (tertiary/aromatic N) is 2. The third kappa shape index (κ3) is 3.91. The highest BCUT2D eigenvalue weighted by molar-refractivity contribution is 6.15. The normalized spacial score (nSPS) is 10.8. The van der Waals surface area contributed by atoms with Gasteiger partial charge in [0.1, 0.15) is 0 Å². The number of pyridine rings is 2. The number of rotatable bonds is 6. The van der Waals surface area contributed by atoms with Gasteiger partial charge in [0.15, 0.2) is 0 Å². The molecule has 7 nitrogen and oxygen atoms in total. The number of anilines is 2. The van der Waals surface area contributed by atoms with Crippen LogP contribution in [0.3, 0.4) is 0 Å². The van der Waals surface area contributed by atoms with Crippen molar-refractivity contribution in [3.8, 4) is 11.1 Å². The molecule has 0 aliphatic carbocycles. The highest BCUT2D eigenvalue weighted by Crippen LogP contribution is 2.27. The van der Waals surface area contributed by atoms with Crippen LogP contribution in [0.25, 0.3) is 22.0 Å². The summed E-state index contributed by atoms with van der Waals surface area (Å²) in [6, 6.07) is 11.2. The van der Waals surface area contributed by atoms with Gasteiger partial charge in [-0.1, -0.05) is 13.0 Å². The standard InChI is InChI=1S/C23H22N6O/c1-2-3-22(30)28-17-8-16(11-27-12-17)14-4-5-19(24)18(9-14)23(25)20-10-15-6-7-26-13-21(15)29-20/h4-13,25,29H,2-3,24H2,1H3,(H,28,30). The summed E-state index contributed by atoms with van der Waals surface area (Å²) in [7, 11) is 0. The number of nitrogens with two attached hydrogens (primary N) is 1. The lowest BCUT2D eigenvalue weighted by Crippen LogP contribution is -2.10. The zero-order chi connectivity index (χ0) is 21.1. The number of aromatic nitrogens is 3. The molecule has 5 N–H and O–H groups in total.